The van der Waals surface area contributed by atoms with Crippen molar-refractivity contribution >= 4 is 5.91 Å². The van der Waals surface area contributed by atoms with Gasteiger partial charge in [-0.25, -0.2) is 4.68 Å². The van der Waals surface area contributed by atoms with E-state index in [2.05, 4.69) is 5.10 Å². The van der Waals surface area contributed by atoms with E-state index < -0.39 is 5.60 Å². The summed E-state index contributed by atoms with van der Waals surface area (Å²) in [6.45, 7) is 2.44. The second-order valence-electron chi connectivity index (χ2n) is 6.31. The molecule has 1 spiro atoms. The molecule has 0 radical (unpaired) electrons. The number of hydrogen-bond acceptors (Lipinski definition) is 6. The van der Waals surface area contributed by atoms with Gasteiger partial charge in [0.05, 0.1) is 32.4 Å². The van der Waals surface area contributed by atoms with Crippen molar-refractivity contribution < 1.29 is 19.0 Å². The third kappa shape index (κ3) is 3.82. The Bertz CT molecular complexity index is 634. The van der Waals surface area contributed by atoms with Crippen LogP contribution in [0.2, 0.25) is 0 Å². The Morgan fingerprint density at radius 2 is 2.42 bits per heavy atom. The average molecular weight is 337 g/mol. The fourth-order valence-electron chi connectivity index (χ4n) is 3.30. The van der Waals surface area contributed by atoms with Gasteiger partial charge in [-0.05, 0) is 18.9 Å². The summed E-state index contributed by atoms with van der Waals surface area (Å²) < 4.78 is 18.3. The molecule has 0 aliphatic carbocycles. The second-order valence-corrected chi connectivity index (χ2v) is 6.31. The van der Waals surface area contributed by atoms with E-state index >= 15 is 0 Å². The maximum absolute atomic E-state index is 12.1. The highest BCUT2D eigenvalue weighted by molar-refractivity contribution is 5.77. The molecule has 8 nitrogen and oxygen atoms in total. The van der Waals surface area contributed by atoms with Crippen LogP contribution < -0.4 is 5.56 Å². The lowest BCUT2D eigenvalue weighted by Crippen LogP contribution is -2.47. The first-order valence-corrected chi connectivity index (χ1v) is 8.16. The fraction of sp³-hybridized carbons (Fsp3) is 0.688. The van der Waals surface area contributed by atoms with Crippen LogP contribution in [0.15, 0.2) is 23.1 Å². The summed E-state index contributed by atoms with van der Waals surface area (Å²) in [4.78, 5) is 25.7. The highest BCUT2D eigenvalue weighted by Gasteiger charge is 2.44. The number of ether oxygens (including phenoxy) is 3. The van der Waals surface area contributed by atoms with Crippen LogP contribution in [-0.4, -0.2) is 72.3 Å². The molecule has 1 amide bonds. The predicted molar refractivity (Wildman–Crippen MR) is 84.6 cm³/mol. The fourth-order valence-corrected chi connectivity index (χ4v) is 3.30. The van der Waals surface area contributed by atoms with E-state index in [-0.39, 0.29) is 24.2 Å². The molecule has 1 aromatic heterocycles. The highest BCUT2D eigenvalue weighted by atomic mass is 16.6. The van der Waals surface area contributed by atoms with Gasteiger partial charge in [0.2, 0.25) is 5.91 Å². The lowest BCUT2D eigenvalue weighted by atomic mass is 10.00. The van der Waals surface area contributed by atoms with Crippen molar-refractivity contribution in [1.82, 2.24) is 14.7 Å². The molecule has 1 aromatic rings. The molecule has 132 valence electrons. The third-order valence-corrected chi connectivity index (χ3v) is 4.47. The minimum Gasteiger partial charge on any atom is -0.377 e. The Kier molecular flexibility index (Phi) is 5.27. The highest BCUT2D eigenvalue weighted by Crippen LogP contribution is 2.33. The zero-order valence-electron chi connectivity index (χ0n) is 13.8. The van der Waals surface area contributed by atoms with Crippen molar-refractivity contribution in [2.24, 2.45) is 0 Å². The topological polar surface area (TPSA) is 82.9 Å². The largest absolute Gasteiger partial charge is 0.377 e. The van der Waals surface area contributed by atoms with Gasteiger partial charge < -0.3 is 19.1 Å². The van der Waals surface area contributed by atoms with E-state index in [9.17, 15) is 9.59 Å². The first-order valence-electron chi connectivity index (χ1n) is 8.16. The van der Waals surface area contributed by atoms with Crippen LogP contribution in [0.5, 0.6) is 0 Å². The molecule has 2 saturated heterocycles. The van der Waals surface area contributed by atoms with Crippen LogP contribution in [0.3, 0.4) is 0 Å². The van der Waals surface area contributed by atoms with Crippen LogP contribution in [0, 0.1) is 0 Å². The molecular formula is C16H23N3O5. The molecule has 3 rings (SSSR count). The number of carbonyl (C=O) groups is 1. The third-order valence-electron chi connectivity index (χ3n) is 4.47. The number of methoxy groups -OCH3 is 1. The zero-order valence-corrected chi connectivity index (χ0v) is 13.8. The maximum atomic E-state index is 12.1. The number of amides is 1. The van der Waals surface area contributed by atoms with Crippen LogP contribution in [0.25, 0.3) is 0 Å². The minimum absolute atomic E-state index is 0.0584. The quantitative estimate of drug-likeness (QED) is 0.748. The first-order chi connectivity index (χ1) is 11.6. The van der Waals surface area contributed by atoms with Gasteiger partial charge >= 0.3 is 0 Å². The Hall–Kier alpha value is -1.77. The lowest BCUT2D eigenvalue weighted by molar-refractivity contribution is -0.140. The maximum Gasteiger partial charge on any atom is 0.266 e. The van der Waals surface area contributed by atoms with E-state index in [1.165, 1.54) is 17.9 Å². The molecular weight excluding hydrogens is 314 g/mol. The van der Waals surface area contributed by atoms with Crippen molar-refractivity contribution in [3.63, 3.8) is 0 Å². The van der Waals surface area contributed by atoms with Gasteiger partial charge in [0.25, 0.3) is 5.56 Å². The molecule has 0 saturated carbocycles. The lowest BCUT2D eigenvalue weighted by Gasteiger charge is -2.31. The van der Waals surface area contributed by atoms with Gasteiger partial charge in [0.1, 0.15) is 12.2 Å². The van der Waals surface area contributed by atoms with E-state index in [0.29, 0.717) is 32.8 Å². The molecule has 2 aliphatic rings. The van der Waals surface area contributed by atoms with Crippen molar-refractivity contribution in [3.8, 4) is 0 Å². The Morgan fingerprint density at radius 1 is 1.54 bits per heavy atom. The van der Waals surface area contributed by atoms with Gasteiger partial charge in [0, 0.05) is 25.9 Å². The average Bonchev–Trinajstić information content (AvgIpc) is 2.82. The molecule has 2 atom stereocenters. The SMILES string of the molecule is COCC(=O)N1CCOCC2(CCC(Cn3ncccc3=O)O2)C1. The molecule has 0 aromatic carbocycles. The van der Waals surface area contributed by atoms with Gasteiger partial charge in [-0.15, -0.1) is 0 Å². The van der Waals surface area contributed by atoms with E-state index in [0.717, 1.165) is 12.8 Å². The summed E-state index contributed by atoms with van der Waals surface area (Å²) in [5.74, 6) is -0.0598. The summed E-state index contributed by atoms with van der Waals surface area (Å²) >= 11 is 0. The van der Waals surface area contributed by atoms with Crippen LogP contribution >= 0.6 is 0 Å². The van der Waals surface area contributed by atoms with Crippen molar-refractivity contribution in [1.29, 1.82) is 0 Å². The molecule has 0 bridgehead atoms. The van der Waals surface area contributed by atoms with Gasteiger partial charge in [0.15, 0.2) is 0 Å². The van der Waals surface area contributed by atoms with Gasteiger partial charge in [-0.1, -0.05) is 0 Å². The monoisotopic (exact) mass is 337 g/mol. The Balaban J connectivity index is 1.66. The summed E-state index contributed by atoms with van der Waals surface area (Å²) in [5.41, 5.74) is -0.653. The zero-order chi connectivity index (χ0) is 17.0. The van der Waals surface area contributed by atoms with Gasteiger partial charge in [-0.2, -0.15) is 5.10 Å². The van der Waals surface area contributed by atoms with E-state index in [4.69, 9.17) is 14.2 Å². The Labute approximate surface area is 140 Å². The van der Waals surface area contributed by atoms with Crippen LogP contribution in [-0.2, 0) is 25.5 Å². The number of nitrogens with zero attached hydrogens (tertiary/aromatic N) is 3. The molecule has 2 fully saturated rings. The van der Waals surface area contributed by atoms with Crippen molar-refractivity contribution in [3.05, 3.63) is 28.7 Å². The molecule has 0 N–H and O–H groups in total. The number of aromatic nitrogens is 2. The summed E-state index contributed by atoms with van der Waals surface area (Å²) in [7, 11) is 1.51. The molecule has 2 aliphatic heterocycles. The minimum atomic E-state index is -0.511. The number of carbonyl (C=O) groups excluding carboxylic acids is 1. The van der Waals surface area contributed by atoms with Crippen molar-refractivity contribution in [2.75, 3.05) is 40.0 Å². The normalized spacial score (nSPS) is 27.4. The van der Waals surface area contributed by atoms with Gasteiger partial charge in [-0.3, -0.25) is 9.59 Å². The van der Waals surface area contributed by atoms with Crippen LogP contribution in [0.1, 0.15) is 12.8 Å². The molecule has 8 heteroatoms. The summed E-state index contributed by atoms with van der Waals surface area (Å²) in [6, 6.07) is 3.10. The number of rotatable bonds is 4. The van der Waals surface area contributed by atoms with Crippen molar-refractivity contribution in [2.45, 2.75) is 31.1 Å². The second kappa shape index (κ2) is 7.42. The predicted octanol–water partition coefficient (Wildman–Crippen LogP) is -0.334. The summed E-state index contributed by atoms with van der Waals surface area (Å²) in [6.07, 6.45) is 3.07. The molecule has 3 heterocycles. The smallest absolute Gasteiger partial charge is 0.266 e. The van der Waals surface area contributed by atoms with E-state index in [1.807, 2.05) is 0 Å². The standard InChI is InChI=1S/C16H23N3O5/c1-22-10-15(21)18-7-8-23-12-16(11-18)5-4-13(24-16)9-19-14(20)3-2-6-17-19/h2-3,6,13H,4-5,7-12H2,1H3. The summed E-state index contributed by atoms with van der Waals surface area (Å²) in [5, 5.41) is 4.07. The number of hydrogen-bond donors (Lipinski definition) is 0. The molecule has 2 unspecified atom stereocenters. The van der Waals surface area contributed by atoms with Crippen LogP contribution in [0.4, 0.5) is 0 Å². The van der Waals surface area contributed by atoms with E-state index in [1.54, 1.807) is 17.2 Å². The first kappa shape index (κ1) is 17.1. The molecule has 24 heavy (non-hydrogen) atoms. The Morgan fingerprint density at radius 3 is 3.21 bits per heavy atom.